The van der Waals surface area contributed by atoms with Crippen LogP contribution in [0.3, 0.4) is 0 Å². The Hall–Kier alpha value is -1.69. The van der Waals surface area contributed by atoms with Gasteiger partial charge in [0, 0.05) is 17.2 Å². The van der Waals surface area contributed by atoms with Gasteiger partial charge in [-0.2, -0.15) is 0 Å². The molecule has 0 radical (unpaired) electrons. The molecule has 6 heteroatoms. The fourth-order valence-corrected chi connectivity index (χ4v) is 3.55. The van der Waals surface area contributed by atoms with E-state index in [2.05, 4.69) is 0 Å². The molecule has 0 aliphatic carbocycles. The van der Waals surface area contributed by atoms with Gasteiger partial charge in [0.25, 0.3) is 0 Å². The second-order valence-electron chi connectivity index (χ2n) is 4.43. The Morgan fingerprint density at radius 3 is 3.00 bits per heavy atom. The van der Waals surface area contributed by atoms with Crippen LogP contribution in [0.4, 0.5) is 10.5 Å². The van der Waals surface area contributed by atoms with Crippen LogP contribution in [0.15, 0.2) is 29.2 Å². The third-order valence-electron chi connectivity index (χ3n) is 3.18. The quantitative estimate of drug-likeness (QED) is 0.861. The molecule has 0 bridgehead atoms. The van der Waals surface area contributed by atoms with Crippen molar-refractivity contribution in [2.24, 2.45) is 5.73 Å². The number of carbonyl (C=O) groups excluding carboxylic acids is 2. The molecule has 0 saturated carbocycles. The van der Waals surface area contributed by atoms with Crippen molar-refractivity contribution in [1.29, 1.82) is 0 Å². The molecule has 94 valence electrons. The van der Waals surface area contributed by atoms with E-state index in [1.165, 1.54) is 4.90 Å². The minimum atomic E-state index is -0.468. The summed E-state index contributed by atoms with van der Waals surface area (Å²) in [6, 6.07) is 7.86. The van der Waals surface area contributed by atoms with E-state index in [4.69, 9.17) is 5.73 Å². The molecule has 1 aromatic rings. The van der Waals surface area contributed by atoms with Crippen molar-refractivity contribution in [1.82, 2.24) is 4.90 Å². The minimum Gasteiger partial charge on any atom is -0.368 e. The average molecular weight is 263 g/mol. The molecule has 2 heterocycles. The Bertz CT molecular complexity index is 520. The normalized spacial score (nSPS) is 21.8. The number of rotatable bonds is 2. The van der Waals surface area contributed by atoms with Crippen LogP contribution in [0.1, 0.15) is 0 Å². The van der Waals surface area contributed by atoms with Gasteiger partial charge in [0.05, 0.1) is 11.7 Å². The minimum absolute atomic E-state index is 0.00132. The van der Waals surface area contributed by atoms with Crippen molar-refractivity contribution in [3.63, 3.8) is 0 Å². The van der Waals surface area contributed by atoms with Gasteiger partial charge in [0.15, 0.2) is 0 Å². The fraction of sp³-hybridized carbons (Fsp3) is 0.333. The molecule has 1 atom stereocenters. The summed E-state index contributed by atoms with van der Waals surface area (Å²) in [5.74, 6) is 0.391. The number of nitrogens with two attached hydrogens (primary N) is 1. The van der Waals surface area contributed by atoms with Gasteiger partial charge in [-0.3, -0.25) is 9.69 Å². The second-order valence-corrected chi connectivity index (χ2v) is 5.49. The molecule has 1 fully saturated rings. The summed E-state index contributed by atoms with van der Waals surface area (Å²) in [5, 5.41) is 0. The van der Waals surface area contributed by atoms with E-state index >= 15 is 0 Å². The Balaban J connectivity index is 1.92. The van der Waals surface area contributed by atoms with Crippen molar-refractivity contribution in [3.05, 3.63) is 24.3 Å². The van der Waals surface area contributed by atoms with E-state index in [1.807, 2.05) is 24.3 Å². The number of amides is 3. The number of hydrogen-bond donors (Lipinski definition) is 1. The van der Waals surface area contributed by atoms with Gasteiger partial charge in [-0.25, -0.2) is 4.79 Å². The fourth-order valence-electron chi connectivity index (χ4n) is 2.43. The van der Waals surface area contributed by atoms with Crippen molar-refractivity contribution < 1.29 is 9.59 Å². The number of benzene rings is 1. The molecule has 2 aliphatic heterocycles. The number of para-hydroxylation sites is 1. The molecular formula is C12H13N3O2S. The Labute approximate surface area is 109 Å². The molecule has 5 nitrogen and oxygen atoms in total. The number of thioether (sulfide) groups is 1. The molecule has 1 aromatic carbocycles. The van der Waals surface area contributed by atoms with Crippen LogP contribution in [-0.4, -0.2) is 41.7 Å². The van der Waals surface area contributed by atoms with Crippen molar-refractivity contribution >= 4 is 29.4 Å². The zero-order valence-electron chi connectivity index (χ0n) is 9.70. The third-order valence-corrected chi connectivity index (χ3v) is 4.38. The molecular weight excluding hydrogens is 250 g/mol. The number of nitrogens with zero attached hydrogens (tertiary/aromatic N) is 2. The summed E-state index contributed by atoms with van der Waals surface area (Å²) < 4.78 is 0. The maximum Gasteiger partial charge on any atom is 0.325 e. The predicted molar refractivity (Wildman–Crippen MR) is 69.6 cm³/mol. The number of carbonyl (C=O) groups is 2. The maximum atomic E-state index is 12.3. The molecule has 2 N–H and O–H groups in total. The van der Waals surface area contributed by atoms with E-state index in [9.17, 15) is 9.59 Å². The summed E-state index contributed by atoms with van der Waals surface area (Å²) in [4.78, 5) is 27.7. The van der Waals surface area contributed by atoms with Crippen LogP contribution >= 0.6 is 11.8 Å². The SMILES string of the molecule is NC(=O)CN1CC2CSc3ccccc3N2C1=O. The Morgan fingerprint density at radius 1 is 1.44 bits per heavy atom. The summed E-state index contributed by atoms with van der Waals surface area (Å²) in [6.45, 7) is 0.571. The zero-order chi connectivity index (χ0) is 12.7. The first kappa shape index (κ1) is 11.4. The summed E-state index contributed by atoms with van der Waals surface area (Å²) in [6.07, 6.45) is 0. The Kier molecular flexibility index (Phi) is 2.66. The van der Waals surface area contributed by atoms with Crippen LogP contribution in [0.5, 0.6) is 0 Å². The lowest BCUT2D eigenvalue weighted by Crippen LogP contribution is -2.39. The molecule has 1 saturated heterocycles. The Morgan fingerprint density at radius 2 is 2.22 bits per heavy atom. The molecule has 0 spiro atoms. The second kappa shape index (κ2) is 4.20. The largest absolute Gasteiger partial charge is 0.368 e. The van der Waals surface area contributed by atoms with Gasteiger partial charge >= 0.3 is 6.03 Å². The first-order valence-electron chi connectivity index (χ1n) is 5.75. The van der Waals surface area contributed by atoms with Crippen LogP contribution in [0, 0.1) is 0 Å². The number of urea groups is 1. The predicted octanol–water partition coefficient (Wildman–Crippen LogP) is 0.888. The average Bonchev–Trinajstić information content (AvgIpc) is 2.66. The van der Waals surface area contributed by atoms with Crippen molar-refractivity contribution in [3.8, 4) is 0 Å². The highest BCUT2D eigenvalue weighted by Crippen LogP contribution is 2.40. The summed E-state index contributed by atoms with van der Waals surface area (Å²) in [5.41, 5.74) is 6.10. The molecule has 0 aromatic heterocycles. The highest BCUT2D eigenvalue weighted by atomic mass is 32.2. The van der Waals surface area contributed by atoms with E-state index in [1.54, 1.807) is 16.7 Å². The third kappa shape index (κ3) is 1.73. The number of anilines is 1. The summed E-state index contributed by atoms with van der Waals surface area (Å²) in [7, 11) is 0. The van der Waals surface area contributed by atoms with Crippen molar-refractivity contribution in [2.75, 3.05) is 23.7 Å². The van der Waals surface area contributed by atoms with Gasteiger partial charge in [-0.15, -0.1) is 11.8 Å². The zero-order valence-corrected chi connectivity index (χ0v) is 10.5. The lowest BCUT2D eigenvalue weighted by Gasteiger charge is -2.29. The molecule has 2 aliphatic rings. The van der Waals surface area contributed by atoms with E-state index in [0.717, 1.165) is 16.3 Å². The summed E-state index contributed by atoms with van der Waals surface area (Å²) >= 11 is 1.75. The maximum absolute atomic E-state index is 12.3. The molecule has 18 heavy (non-hydrogen) atoms. The first-order chi connectivity index (χ1) is 8.66. The lowest BCUT2D eigenvalue weighted by atomic mass is 10.2. The van der Waals surface area contributed by atoms with E-state index < -0.39 is 5.91 Å². The number of primary amides is 1. The van der Waals surface area contributed by atoms with Crippen molar-refractivity contribution in [2.45, 2.75) is 10.9 Å². The van der Waals surface area contributed by atoms with Crippen LogP contribution < -0.4 is 10.6 Å². The first-order valence-corrected chi connectivity index (χ1v) is 6.73. The monoisotopic (exact) mass is 263 g/mol. The highest BCUT2D eigenvalue weighted by molar-refractivity contribution is 7.99. The van der Waals surface area contributed by atoms with E-state index in [0.29, 0.717) is 6.54 Å². The number of hydrogen-bond acceptors (Lipinski definition) is 3. The molecule has 3 rings (SSSR count). The molecule has 1 unspecified atom stereocenters. The standard InChI is InChI=1S/C12H13N3O2S/c13-11(16)6-14-5-8-7-18-10-4-2-1-3-9(10)15(8)12(14)17/h1-4,8H,5-7H2,(H2,13,16). The lowest BCUT2D eigenvalue weighted by molar-refractivity contribution is -0.118. The van der Waals surface area contributed by atoms with Gasteiger partial charge in [-0.05, 0) is 12.1 Å². The highest BCUT2D eigenvalue weighted by Gasteiger charge is 2.41. The number of fused-ring (bicyclic) bond motifs is 3. The van der Waals surface area contributed by atoms with Gasteiger partial charge in [0.2, 0.25) is 5.91 Å². The van der Waals surface area contributed by atoms with Crippen LogP contribution in [-0.2, 0) is 4.79 Å². The van der Waals surface area contributed by atoms with Gasteiger partial charge < -0.3 is 10.6 Å². The smallest absolute Gasteiger partial charge is 0.325 e. The molecule has 3 amide bonds. The van der Waals surface area contributed by atoms with Gasteiger partial charge in [0.1, 0.15) is 6.54 Å². The topological polar surface area (TPSA) is 66.6 Å². The van der Waals surface area contributed by atoms with E-state index in [-0.39, 0.29) is 18.6 Å². The van der Waals surface area contributed by atoms with Crippen LogP contribution in [0.25, 0.3) is 0 Å². The van der Waals surface area contributed by atoms with Gasteiger partial charge in [-0.1, -0.05) is 12.1 Å². The van der Waals surface area contributed by atoms with Crippen LogP contribution in [0.2, 0.25) is 0 Å².